The van der Waals surface area contributed by atoms with Gasteiger partial charge >= 0.3 is 6.01 Å². The number of nitrogens with zero attached hydrogens (tertiary/aromatic N) is 4. The highest BCUT2D eigenvalue weighted by molar-refractivity contribution is 5.34. The van der Waals surface area contributed by atoms with Gasteiger partial charge in [-0.3, -0.25) is 4.98 Å². The molecule has 2 aromatic rings. The number of ether oxygens (including phenoxy) is 1. The molecule has 6 nitrogen and oxygen atoms in total. The maximum absolute atomic E-state index is 5.66. The molecule has 18 heavy (non-hydrogen) atoms. The van der Waals surface area contributed by atoms with E-state index in [4.69, 9.17) is 10.5 Å². The van der Waals surface area contributed by atoms with Crippen LogP contribution in [0.1, 0.15) is 29.4 Å². The minimum atomic E-state index is 0.0837. The highest BCUT2D eigenvalue weighted by Crippen LogP contribution is 2.35. The largest absolute Gasteiger partial charge is 0.467 e. The van der Waals surface area contributed by atoms with Crippen molar-refractivity contribution in [3.63, 3.8) is 0 Å². The topological polar surface area (TPSA) is 86.8 Å². The van der Waals surface area contributed by atoms with Crippen molar-refractivity contribution in [1.29, 1.82) is 0 Å². The number of aromatic nitrogens is 4. The zero-order chi connectivity index (χ0) is 12.5. The van der Waals surface area contributed by atoms with Crippen molar-refractivity contribution in [3.8, 4) is 6.01 Å². The summed E-state index contributed by atoms with van der Waals surface area (Å²) >= 11 is 0. The third-order valence-corrected chi connectivity index (χ3v) is 3.10. The van der Waals surface area contributed by atoms with E-state index in [2.05, 4.69) is 26.0 Å². The van der Waals surface area contributed by atoms with Gasteiger partial charge in [-0.25, -0.2) is 0 Å². The van der Waals surface area contributed by atoms with E-state index < -0.39 is 0 Å². The molecule has 1 aliphatic carbocycles. The Bertz CT molecular complexity index is 586. The summed E-state index contributed by atoms with van der Waals surface area (Å²) in [4.78, 5) is 16.8. The van der Waals surface area contributed by atoms with Gasteiger partial charge in [0.15, 0.2) is 0 Å². The van der Waals surface area contributed by atoms with Crippen LogP contribution in [0.15, 0.2) is 18.3 Å². The summed E-state index contributed by atoms with van der Waals surface area (Å²) in [7, 11) is 1.51. The van der Waals surface area contributed by atoms with Crippen LogP contribution in [0.25, 0.3) is 0 Å². The SMILES string of the molecule is COc1nc(N)nc(C2CCc3cccnc32)n1. The number of aryl methyl sites for hydroxylation is 1. The van der Waals surface area contributed by atoms with E-state index in [1.165, 1.54) is 12.7 Å². The van der Waals surface area contributed by atoms with Gasteiger partial charge in [0.05, 0.1) is 18.7 Å². The van der Waals surface area contributed by atoms with Crippen molar-refractivity contribution in [2.45, 2.75) is 18.8 Å². The normalized spacial score (nSPS) is 17.5. The maximum Gasteiger partial charge on any atom is 0.321 e. The van der Waals surface area contributed by atoms with Gasteiger partial charge in [0.25, 0.3) is 0 Å². The van der Waals surface area contributed by atoms with Crippen LogP contribution in [0.5, 0.6) is 6.01 Å². The Hall–Kier alpha value is -2.24. The predicted octanol–water partition coefficient (Wildman–Crippen LogP) is 0.935. The molecule has 6 heteroatoms. The predicted molar refractivity (Wildman–Crippen MR) is 65.2 cm³/mol. The number of hydrogen-bond acceptors (Lipinski definition) is 6. The highest BCUT2D eigenvalue weighted by Gasteiger charge is 2.28. The van der Waals surface area contributed by atoms with Crippen molar-refractivity contribution in [2.75, 3.05) is 12.8 Å². The van der Waals surface area contributed by atoms with Gasteiger partial charge in [0, 0.05) is 6.20 Å². The summed E-state index contributed by atoms with van der Waals surface area (Å²) in [5.41, 5.74) is 7.94. The first-order chi connectivity index (χ1) is 8.78. The van der Waals surface area contributed by atoms with Crippen molar-refractivity contribution in [1.82, 2.24) is 19.9 Å². The van der Waals surface area contributed by atoms with Gasteiger partial charge in [0.1, 0.15) is 5.82 Å². The molecule has 1 unspecified atom stereocenters. The monoisotopic (exact) mass is 243 g/mol. The molecular weight excluding hydrogens is 230 g/mol. The summed E-state index contributed by atoms with van der Waals surface area (Å²) in [6.45, 7) is 0. The Morgan fingerprint density at radius 2 is 2.22 bits per heavy atom. The molecule has 1 atom stereocenters. The van der Waals surface area contributed by atoms with Crippen LogP contribution in [0.3, 0.4) is 0 Å². The van der Waals surface area contributed by atoms with Crippen molar-refractivity contribution in [3.05, 3.63) is 35.4 Å². The second-order valence-corrected chi connectivity index (χ2v) is 4.18. The molecular formula is C12H13N5O. The van der Waals surface area contributed by atoms with Crippen LogP contribution in [0.2, 0.25) is 0 Å². The van der Waals surface area contributed by atoms with E-state index in [0.29, 0.717) is 5.82 Å². The lowest BCUT2D eigenvalue weighted by Gasteiger charge is -2.10. The number of fused-ring (bicyclic) bond motifs is 1. The number of nitrogens with two attached hydrogens (primary N) is 1. The lowest BCUT2D eigenvalue weighted by molar-refractivity contribution is 0.375. The molecule has 0 aromatic carbocycles. The number of rotatable bonds is 2. The number of nitrogen functional groups attached to an aromatic ring is 1. The number of hydrogen-bond donors (Lipinski definition) is 1. The molecule has 0 spiro atoms. The number of anilines is 1. The average Bonchev–Trinajstić information content (AvgIpc) is 2.81. The first-order valence-electron chi connectivity index (χ1n) is 5.77. The van der Waals surface area contributed by atoms with E-state index >= 15 is 0 Å². The van der Waals surface area contributed by atoms with Crippen molar-refractivity contribution >= 4 is 5.95 Å². The summed E-state index contributed by atoms with van der Waals surface area (Å²) in [5.74, 6) is 0.901. The number of pyridine rings is 1. The molecule has 2 aromatic heterocycles. The lowest BCUT2D eigenvalue weighted by Crippen LogP contribution is -2.09. The van der Waals surface area contributed by atoms with E-state index in [0.717, 1.165) is 18.5 Å². The molecule has 0 saturated heterocycles. The Labute approximate surface area is 104 Å². The van der Waals surface area contributed by atoms with Crippen LogP contribution >= 0.6 is 0 Å². The molecule has 92 valence electrons. The Morgan fingerprint density at radius 1 is 1.33 bits per heavy atom. The van der Waals surface area contributed by atoms with E-state index in [-0.39, 0.29) is 17.9 Å². The fourth-order valence-electron chi connectivity index (χ4n) is 2.30. The molecule has 0 aliphatic heterocycles. The van der Waals surface area contributed by atoms with Gasteiger partial charge in [0.2, 0.25) is 5.95 Å². The van der Waals surface area contributed by atoms with Crippen LogP contribution < -0.4 is 10.5 Å². The van der Waals surface area contributed by atoms with Crippen LogP contribution in [0, 0.1) is 0 Å². The minimum Gasteiger partial charge on any atom is -0.467 e. The quantitative estimate of drug-likeness (QED) is 0.844. The highest BCUT2D eigenvalue weighted by atomic mass is 16.5. The summed E-state index contributed by atoms with van der Waals surface area (Å²) < 4.78 is 5.02. The standard InChI is InChI=1S/C12H13N5O/c1-18-12-16-10(15-11(13)17-12)8-5-4-7-3-2-6-14-9(7)8/h2-3,6,8H,4-5H2,1H3,(H2,13,15,16,17). The lowest BCUT2D eigenvalue weighted by atomic mass is 10.1. The van der Waals surface area contributed by atoms with Crippen molar-refractivity contribution < 1.29 is 4.74 Å². The van der Waals surface area contributed by atoms with Gasteiger partial charge in [-0.2, -0.15) is 15.0 Å². The molecule has 0 saturated carbocycles. The second-order valence-electron chi connectivity index (χ2n) is 4.18. The summed E-state index contributed by atoms with van der Waals surface area (Å²) in [5, 5.41) is 0. The molecule has 3 rings (SSSR count). The fourth-order valence-corrected chi connectivity index (χ4v) is 2.30. The molecule has 0 fully saturated rings. The zero-order valence-electron chi connectivity index (χ0n) is 10.00. The third-order valence-electron chi connectivity index (χ3n) is 3.10. The summed E-state index contributed by atoms with van der Waals surface area (Å²) in [6.07, 6.45) is 3.72. The van der Waals surface area contributed by atoms with Gasteiger partial charge in [-0.1, -0.05) is 6.07 Å². The van der Waals surface area contributed by atoms with Gasteiger partial charge in [-0.05, 0) is 24.5 Å². The molecule has 0 radical (unpaired) electrons. The molecule has 2 heterocycles. The Kier molecular flexibility index (Phi) is 2.55. The van der Waals surface area contributed by atoms with Crippen LogP contribution in [0.4, 0.5) is 5.95 Å². The smallest absolute Gasteiger partial charge is 0.321 e. The minimum absolute atomic E-state index is 0.0837. The Balaban J connectivity index is 2.04. The first kappa shape index (κ1) is 10.9. The third kappa shape index (κ3) is 1.75. The molecule has 1 aliphatic rings. The summed E-state index contributed by atoms with van der Waals surface area (Å²) in [6, 6.07) is 4.29. The van der Waals surface area contributed by atoms with Gasteiger partial charge < -0.3 is 10.5 Å². The fraction of sp³-hybridized carbons (Fsp3) is 0.333. The van der Waals surface area contributed by atoms with Crippen molar-refractivity contribution in [2.24, 2.45) is 0 Å². The van der Waals surface area contributed by atoms with E-state index in [9.17, 15) is 0 Å². The second kappa shape index (κ2) is 4.21. The zero-order valence-corrected chi connectivity index (χ0v) is 10.00. The molecule has 0 amide bonds. The average molecular weight is 243 g/mol. The van der Waals surface area contributed by atoms with E-state index in [1.807, 2.05) is 6.07 Å². The Morgan fingerprint density at radius 3 is 3.06 bits per heavy atom. The number of methoxy groups -OCH3 is 1. The first-order valence-corrected chi connectivity index (χ1v) is 5.77. The van der Waals surface area contributed by atoms with Crippen LogP contribution in [-0.2, 0) is 6.42 Å². The van der Waals surface area contributed by atoms with Gasteiger partial charge in [-0.15, -0.1) is 0 Å². The molecule has 0 bridgehead atoms. The molecule has 2 N–H and O–H groups in total. The van der Waals surface area contributed by atoms with E-state index in [1.54, 1.807) is 6.20 Å². The maximum atomic E-state index is 5.66. The van der Waals surface area contributed by atoms with Crippen LogP contribution in [-0.4, -0.2) is 27.0 Å².